The molecule has 1 aromatic rings. The first-order chi connectivity index (χ1) is 8.54. The minimum absolute atomic E-state index is 0.347. The maximum atomic E-state index is 11.9. The number of nitrogens with one attached hydrogen (secondary N) is 1. The Morgan fingerprint density at radius 1 is 1.39 bits per heavy atom. The summed E-state index contributed by atoms with van der Waals surface area (Å²) in [7, 11) is 0. The van der Waals surface area contributed by atoms with Crippen LogP contribution in [-0.4, -0.2) is 35.0 Å². The van der Waals surface area contributed by atoms with E-state index in [1.165, 1.54) is 0 Å². The summed E-state index contributed by atoms with van der Waals surface area (Å²) < 4.78 is 1.03. The Bertz CT molecular complexity index is 422. The SMILES string of the molecule is CSCCC(NC(=O)c1ccc(I)cc1)C(=O)O. The van der Waals surface area contributed by atoms with Crippen LogP contribution in [0.4, 0.5) is 0 Å². The number of carbonyl (C=O) groups excluding carboxylic acids is 1. The van der Waals surface area contributed by atoms with E-state index in [-0.39, 0.29) is 5.91 Å². The maximum Gasteiger partial charge on any atom is 0.326 e. The molecule has 0 heterocycles. The molecule has 18 heavy (non-hydrogen) atoms. The summed E-state index contributed by atoms with van der Waals surface area (Å²) in [6.45, 7) is 0. The molecule has 98 valence electrons. The number of benzene rings is 1. The lowest BCUT2D eigenvalue weighted by Gasteiger charge is -2.13. The number of hydrogen-bond donors (Lipinski definition) is 2. The van der Waals surface area contributed by atoms with Crippen LogP contribution in [-0.2, 0) is 4.79 Å². The minimum atomic E-state index is -0.997. The third kappa shape index (κ3) is 4.85. The Balaban J connectivity index is 2.66. The molecule has 1 unspecified atom stereocenters. The fourth-order valence-electron chi connectivity index (χ4n) is 1.34. The number of carboxylic acid groups (broad SMARTS) is 1. The fraction of sp³-hybridized carbons (Fsp3) is 0.333. The number of carboxylic acids is 1. The molecule has 4 nitrogen and oxygen atoms in total. The normalized spacial score (nSPS) is 11.9. The Morgan fingerprint density at radius 2 is 2.00 bits per heavy atom. The van der Waals surface area contributed by atoms with Gasteiger partial charge in [0.25, 0.3) is 5.91 Å². The number of thioether (sulfide) groups is 1. The lowest BCUT2D eigenvalue weighted by atomic mass is 10.1. The minimum Gasteiger partial charge on any atom is -0.480 e. The van der Waals surface area contributed by atoms with Gasteiger partial charge in [0.15, 0.2) is 0 Å². The number of carbonyl (C=O) groups is 2. The van der Waals surface area contributed by atoms with Crippen LogP contribution in [0, 0.1) is 3.57 Å². The second-order valence-electron chi connectivity index (χ2n) is 3.65. The van der Waals surface area contributed by atoms with Crippen molar-refractivity contribution >= 4 is 46.2 Å². The molecule has 0 aliphatic rings. The van der Waals surface area contributed by atoms with Gasteiger partial charge in [-0.05, 0) is 65.3 Å². The topological polar surface area (TPSA) is 66.4 Å². The molecule has 0 spiro atoms. The third-order valence-corrected chi connectivity index (χ3v) is 3.68. The Morgan fingerprint density at radius 3 is 2.50 bits per heavy atom. The summed E-state index contributed by atoms with van der Waals surface area (Å²) in [5.74, 6) is -0.646. The standard InChI is InChI=1S/C12H14INO3S/c1-18-7-6-10(12(16)17)14-11(15)8-2-4-9(13)5-3-8/h2-5,10H,6-7H2,1H3,(H,14,15)(H,16,17). The molecule has 1 amide bonds. The summed E-state index contributed by atoms with van der Waals surface area (Å²) in [4.78, 5) is 22.9. The van der Waals surface area contributed by atoms with E-state index in [2.05, 4.69) is 27.9 Å². The molecule has 6 heteroatoms. The van der Waals surface area contributed by atoms with Gasteiger partial charge >= 0.3 is 5.97 Å². The first kappa shape index (κ1) is 15.3. The highest BCUT2D eigenvalue weighted by Crippen LogP contribution is 2.08. The van der Waals surface area contributed by atoms with Crippen LogP contribution >= 0.6 is 34.4 Å². The molecule has 1 aromatic carbocycles. The van der Waals surface area contributed by atoms with E-state index in [1.54, 1.807) is 23.9 Å². The molecule has 0 aliphatic heterocycles. The van der Waals surface area contributed by atoms with E-state index in [4.69, 9.17) is 5.11 Å². The van der Waals surface area contributed by atoms with E-state index in [9.17, 15) is 9.59 Å². The highest BCUT2D eigenvalue weighted by Gasteiger charge is 2.19. The number of hydrogen-bond acceptors (Lipinski definition) is 3. The summed E-state index contributed by atoms with van der Waals surface area (Å²) in [6.07, 6.45) is 2.33. The fourth-order valence-corrected chi connectivity index (χ4v) is 2.17. The van der Waals surface area contributed by atoms with Crippen molar-refractivity contribution in [2.24, 2.45) is 0 Å². The predicted molar refractivity (Wildman–Crippen MR) is 81.0 cm³/mol. The van der Waals surface area contributed by atoms with Crippen LogP contribution in [0.2, 0.25) is 0 Å². The smallest absolute Gasteiger partial charge is 0.326 e. The van der Waals surface area contributed by atoms with Gasteiger partial charge in [0.1, 0.15) is 6.04 Å². The van der Waals surface area contributed by atoms with Gasteiger partial charge in [0.05, 0.1) is 0 Å². The molecular formula is C12H14INO3S. The highest BCUT2D eigenvalue weighted by atomic mass is 127. The van der Waals surface area contributed by atoms with Crippen molar-refractivity contribution in [3.63, 3.8) is 0 Å². The molecule has 0 aromatic heterocycles. The molecule has 0 aliphatic carbocycles. The molecule has 0 fully saturated rings. The molecule has 1 atom stereocenters. The van der Waals surface area contributed by atoms with E-state index in [1.807, 2.05) is 18.4 Å². The molecule has 1 rings (SSSR count). The zero-order valence-corrected chi connectivity index (χ0v) is 12.8. The van der Waals surface area contributed by atoms with Crippen LogP contribution in [0.25, 0.3) is 0 Å². The van der Waals surface area contributed by atoms with Gasteiger partial charge in [-0.15, -0.1) is 0 Å². The Kier molecular flexibility index (Phi) is 6.48. The van der Waals surface area contributed by atoms with Gasteiger partial charge in [-0.2, -0.15) is 11.8 Å². The van der Waals surface area contributed by atoms with Gasteiger partial charge in [-0.1, -0.05) is 0 Å². The molecule has 0 saturated carbocycles. The van der Waals surface area contributed by atoms with Crippen LogP contribution in [0.15, 0.2) is 24.3 Å². The Hall–Kier alpha value is -0.760. The molecule has 2 N–H and O–H groups in total. The first-order valence-electron chi connectivity index (χ1n) is 5.32. The summed E-state index contributed by atoms with van der Waals surface area (Å²) in [6, 6.07) is 6.17. The Labute approximate surface area is 124 Å². The molecule has 0 radical (unpaired) electrons. The van der Waals surface area contributed by atoms with Crippen molar-refractivity contribution in [1.82, 2.24) is 5.32 Å². The van der Waals surface area contributed by atoms with E-state index >= 15 is 0 Å². The lowest BCUT2D eigenvalue weighted by Crippen LogP contribution is -2.41. The van der Waals surface area contributed by atoms with E-state index in [0.29, 0.717) is 17.7 Å². The number of rotatable bonds is 6. The van der Waals surface area contributed by atoms with Crippen LogP contribution < -0.4 is 5.32 Å². The predicted octanol–water partition coefficient (Wildman–Crippen LogP) is 2.23. The van der Waals surface area contributed by atoms with E-state index in [0.717, 1.165) is 3.57 Å². The van der Waals surface area contributed by atoms with Gasteiger partial charge < -0.3 is 10.4 Å². The lowest BCUT2D eigenvalue weighted by molar-refractivity contribution is -0.139. The number of aliphatic carboxylic acids is 1. The average molecular weight is 379 g/mol. The third-order valence-electron chi connectivity index (χ3n) is 2.32. The summed E-state index contributed by atoms with van der Waals surface area (Å²) in [5.41, 5.74) is 0.478. The van der Waals surface area contributed by atoms with Gasteiger partial charge in [0, 0.05) is 9.13 Å². The van der Waals surface area contributed by atoms with Crippen molar-refractivity contribution in [2.75, 3.05) is 12.0 Å². The summed E-state index contributed by atoms with van der Waals surface area (Å²) >= 11 is 3.70. The van der Waals surface area contributed by atoms with Crippen molar-refractivity contribution in [3.05, 3.63) is 33.4 Å². The largest absolute Gasteiger partial charge is 0.480 e. The highest BCUT2D eigenvalue weighted by molar-refractivity contribution is 14.1. The first-order valence-corrected chi connectivity index (χ1v) is 7.80. The van der Waals surface area contributed by atoms with Crippen LogP contribution in [0.5, 0.6) is 0 Å². The second kappa shape index (κ2) is 7.63. The summed E-state index contributed by atoms with van der Waals surface area (Å²) in [5, 5.41) is 11.5. The monoisotopic (exact) mass is 379 g/mol. The van der Waals surface area contributed by atoms with Crippen molar-refractivity contribution in [2.45, 2.75) is 12.5 Å². The maximum absolute atomic E-state index is 11.9. The van der Waals surface area contributed by atoms with Crippen LogP contribution in [0.3, 0.4) is 0 Å². The zero-order chi connectivity index (χ0) is 13.5. The van der Waals surface area contributed by atoms with Gasteiger partial charge in [0.2, 0.25) is 0 Å². The average Bonchev–Trinajstić information content (AvgIpc) is 2.34. The quantitative estimate of drug-likeness (QED) is 0.744. The van der Waals surface area contributed by atoms with Crippen molar-refractivity contribution in [3.8, 4) is 0 Å². The van der Waals surface area contributed by atoms with Crippen LogP contribution in [0.1, 0.15) is 16.8 Å². The van der Waals surface area contributed by atoms with Crippen molar-refractivity contribution in [1.29, 1.82) is 0 Å². The van der Waals surface area contributed by atoms with Gasteiger partial charge in [-0.3, -0.25) is 4.79 Å². The molecule has 0 saturated heterocycles. The zero-order valence-electron chi connectivity index (χ0n) is 9.85. The molecule has 0 bridgehead atoms. The molecular weight excluding hydrogens is 365 g/mol. The number of amides is 1. The van der Waals surface area contributed by atoms with Crippen molar-refractivity contribution < 1.29 is 14.7 Å². The number of halogens is 1. The van der Waals surface area contributed by atoms with E-state index < -0.39 is 12.0 Å². The second-order valence-corrected chi connectivity index (χ2v) is 5.88. The van der Waals surface area contributed by atoms with Gasteiger partial charge in [-0.25, -0.2) is 4.79 Å².